The van der Waals surface area contributed by atoms with E-state index in [1.165, 1.54) is 0 Å². The van der Waals surface area contributed by atoms with Gasteiger partial charge in [-0.15, -0.1) is 0 Å². The Kier molecular flexibility index (Phi) is 15.6. The number of phenolic OH excluding ortho intramolecular Hbond substituents is 2. The largest absolute Gasteiger partial charge is 0.508 e. The number of piperazine rings is 2. The van der Waals surface area contributed by atoms with E-state index in [0.29, 0.717) is 47.5 Å². The van der Waals surface area contributed by atoms with Crippen LogP contribution in [0, 0.1) is 23.7 Å². The van der Waals surface area contributed by atoms with Crippen LogP contribution in [0.2, 0.25) is 0 Å². The first-order chi connectivity index (χ1) is 45.9. The molecule has 8 N–H and O–H groups in total. The lowest BCUT2D eigenvalue weighted by Crippen LogP contribution is -2.44. The van der Waals surface area contributed by atoms with Gasteiger partial charge < -0.3 is 60.4 Å². The predicted octanol–water partition coefficient (Wildman–Crippen LogP) is 11.4. The Hall–Kier alpha value is -12.0. The third-order valence-electron chi connectivity index (χ3n) is 17.6. The van der Waals surface area contributed by atoms with Crippen molar-refractivity contribution in [3.63, 3.8) is 0 Å². The highest BCUT2D eigenvalue weighted by Crippen LogP contribution is 2.35. The van der Waals surface area contributed by atoms with Crippen LogP contribution in [0.3, 0.4) is 0 Å². The van der Waals surface area contributed by atoms with Crippen LogP contribution in [0.15, 0.2) is 182 Å². The van der Waals surface area contributed by atoms with Gasteiger partial charge in [0.15, 0.2) is 0 Å². The highest BCUT2D eigenvalue weighted by molar-refractivity contribution is 5.96. The second-order valence-corrected chi connectivity index (χ2v) is 24.0. The highest BCUT2D eigenvalue weighted by atomic mass is 16.3. The molecule has 0 aliphatic carbocycles. The number of H-pyrrole nitrogens is 4. The van der Waals surface area contributed by atoms with Crippen molar-refractivity contribution in [3.8, 4) is 80.7 Å². The summed E-state index contributed by atoms with van der Waals surface area (Å²) in [6.07, 6.45) is 0. The van der Waals surface area contributed by atoms with Crippen LogP contribution in [-0.2, 0) is 13.1 Å². The zero-order valence-electron chi connectivity index (χ0n) is 51.7. The Morgan fingerprint density at radius 3 is 1.16 bits per heavy atom. The second-order valence-electron chi connectivity index (χ2n) is 24.0. The number of likely N-dealkylation sites (N-methyl/N-ethyl adjacent to an activating group) is 2. The molecule has 0 bridgehead atoms. The minimum Gasteiger partial charge on any atom is -0.508 e. The van der Waals surface area contributed by atoms with Crippen LogP contribution < -0.4 is 20.4 Å². The lowest BCUT2D eigenvalue weighted by Gasteiger charge is -2.34. The van der Waals surface area contributed by atoms with Crippen LogP contribution in [0.4, 0.5) is 11.4 Å². The SMILES string of the molecule is CN1CCN(c2ccc3[nH]c(-c4ccc5nc(-c6ccc(O)cc6)[nH]c5c4)nc3c2C#Cc2ccc(C(=O)NCc3ccc(CNC(=O)c4ccc(C#Cc5c(N6CCN(C)CC6)ccc6[nH]c(-c7ccc8nc(-c9ccc(O)cc9)[nH]c8c7)nc56)cc4)cc3)cc2)CC1. The maximum atomic E-state index is 13.5. The number of hydrogen-bond acceptors (Lipinski definition) is 12. The average Bonchev–Trinajstić information content (AvgIpc) is 1.61. The summed E-state index contributed by atoms with van der Waals surface area (Å²) in [6.45, 7) is 7.87. The Morgan fingerprint density at radius 1 is 0.404 bits per heavy atom. The molecule has 13 aromatic rings. The van der Waals surface area contributed by atoms with Crippen molar-refractivity contribution < 1.29 is 19.8 Å². The summed E-state index contributed by atoms with van der Waals surface area (Å²) in [7, 11) is 4.29. The van der Waals surface area contributed by atoms with Gasteiger partial charge in [-0.05, 0) is 183 Å². The maximum Gasteiger partial charge on any atom is 0.251 e. The highest BCUT2D eigenvalue weighted by Gasteiger charge is 2.23. The summed E-state index contributed by atoms with van der Waals surface area (Å²) in [5.41, 5.74) is 18.4. The van der Waals surface area contributed by atoms with E-state index in [-0.39, 0.29) is 23.3 Å². The molecule has 0 unspecified atom stereocenters. The van der Waals surface area contributed by atoms with E-state index in [1.54, 1.807) is 48.5 Å². The lowest BCUT2D eigenvalue weighted by molar-refractivity contribution is 0.0942. The number of carbonyl (C=O) groups is 2. The fourth-order valence-electron chi connectivity index (χ4n) is 12.1. The summed E-state index contributed by atoms with van der Waals surface area (Å²) in [5, 5.41) is 25.7. The number of carbonyl (C=O) groups excluding carboxylic acids is 2. The van der Waals surface area contributed by atoms with Crippen molar-refractivity contribution in [2.24, 2.45) is 0 Å². The molecule has 2 fully saturated rings. The average molecular weight is 1240 g/mol. The molecular formula is C76H64N14O4. The summed E-state index contributed by atoms with van der Waals surface area (Å²) >= 11 is 0. The number of aromatic amines is 4. The molecule has 18 heteroatoms. The zero-order chi connectivity index (χ0) is 63.8. The van der Waals surface area contributed by atoms with Crippen molar-refractivity contribution in [2.75, 3.05) is 76.3 Å². The molecule has 0 saturated carbocycles. The molecule has 4 aromatic heterocycles. The third kappa shape index (κ3) is 12.2. The molecule has 0 atom stereocenters. The Balaban J connectivity index is 0.579. The summed E-state index contributed by atoms with van der Waals surface area (Å²) in [6, 6.07) is 56.9. The van der Waals surface area contributed by atoms with E-state index in [4.69, 9.17) is 19.9 Å². The van der Waals surface area contributed by atoms with E-state index >= 15 is 0 Å². The normalized spacial score (nSPS) is 13.7. The van der Waals surface area contributed by atoms with Crippen LogP contribution >= 0.6 is 0 Å². The van der Waals surface area contributed by atoms with Gasteiger partial charge in [0.1, 0.15) is 45.8 Å². The number of benzene rings is 9. The number of nitrogens with zero attached hydrogens (tertiary/aromatic N) is 8. The summed E-state index contributed by atoms with van der Waals surface area (Å²) < 4.78 is 0. The number of nitrogens with one attached hydrogen (secondary N) is 6. The van der Waals surface area contributed by atoms with Crippen molar-refractivity contribution in [3.05, 3.63) is 226 Å². The maximum absolute atomic E-state index is 13.5. The molecule has 9 aromatic carbocycles. The first kappa shape index (κ1) is 58.4. The predicted molar refractivity (Wildman–Crippen MR) is 370 cm³/mol. The minimum atomic E-state index is -0.202. The van der Waals surface area contributed by atoms with Crippen molar-refractivity contribution in [1.82, 2.24) is 60.3 Å². The molecule has 0 spiro atoms. The number of hydrogen-bond donors (Lipinski definition) is 8. The number of fused-ring (bicyclic) bond motifs is 4. The van der Waals surface area contributed by atoms with E-state index in [9.17, 15) is 19.8 Å². The van der Waals surface area contributed by atoms with Gasteiger partial charge in [0, 0.05) is 110 Å². The van der Waals surface area contributed by atoms with Gasteiger partial charge in [-0.2, -0.15) is 0 Å². The van der Waals surface area contributed by atoms with E-state index in [2.05, 4.69) is 112 Å². The number of phenols is 2. The Morgan fingerprint density at radius 2 is 0.766 bits per heavy atom. The quantitative estimate of drug-likeness (QED) is 0.0535. The summed E-state index contributed by atoms with van der Waals surface area (Å²) in [5.74, 6) is 16.6. The number of aromatic hydroxyl groups is 2. The van der Waals surface area contributed by atoms with E-state index in [0.717, 1.165) is 164 Å². The molecule has 462 valence electrons. The lowest BCUT2D eigenvalue weighted by atomic mass is 10.1. The Bertz CT molecular complexity index is 4820. The Labute approximate surface area is 541 Å². The van der Waals surface area contributed by atoms with Gasteiger partial charge in [0.05, 0.1) is 55.6 Å². The first-order valence-electron chi connectivity index (χ1n) is 31.3. The molecule has 6 heterocycles. The van der Waals surface area contributed by atoms with Crippen LogP contribution in [0.5, 0.6) is 11.5 Å². The first-order valence-corrected chi connectivity index (χ1v) is 31.3. The van der Waals surface area contributed by atoms with Gasteiger partial charge in [0.25, 0.3) is 11.8 Å². The third-order valence-corrected chi connectivity index (χ3v) is 17.6. The number of aromatic nitrogens is 8. The molecule has 94 heavy (non-hydrogen) atoms. The molecule has 0 radical (unpaired) electrons. The zero-order valence-corrected chi connectivity index (χ0v) is 51.7. The van der Waals surface area contributed by atoms with Crippen LogP contribution in [0.25, 0.3) is 89.7 Å². The van der Waals surface area contributed by atoms with Crippen LogP contribution in [-0.4, -0.2) is 138 Å². The molecule has 2 amide bonds. The fourth-order valence-corrected chi connectivity index (χ4v) is 12.1. The number of imidazole rings is 4. The summed E-state index contributed by atoms with van der Waals surface area (Å²) in [4.78, 5) is 70.2. The fraction of sp³-hybridized carbons (Fsp3) is 0.158. The topological polar surface area (TPSA) is 226 Å². The molecule has 18 nitrogen and oxygen atoms in total. The van der Waals surface area contributed by atoms with Gasteiger partial charge in [-0.25, -0.2) is 19.9 Å². The minimum absolute atomic E-state index is 0.201. The van der Waals surface area contributed by atoms with Gasteiger partial charge in [0.2, 0.25) is 0 Å². The van der Waals surface area contributed by atoms with Gasteiger partial charge in [-0.3, -0.25) is 9.59 Å². The smallest absolute Gasteiger partial charge is 0.251 e. The standard InChI is InChI=1S/C76H64N14O4/c1-87-35-39-89(40-36-87)67-33-31-63-69(85-73(81-63)55-21-29-61-65(43-55)83-71(79-61)51-17-23-57(91)24-18-51)59(67)27-11-47-7-13-53(14-8-47)75(93)77-45-49-3-5-50(6-4-49)46-78-76(94)54-15-9-48(10-16-54)12-28-60-68(90-41-37-88(2)38-42-90)34-32-64-70(60)86-74(82-64)56-22-30-62-66(44-56)84-72(80-62)52-19-25-58(92)26-20-52/h3-10,13-26,29-34,43-44,91-92H,35-42,45-46H2,1-2H3,(H,77,93)(H,78,94)(H,79,83)(H,80,84)(H,81,85)(H,82,86). The number of rotatable bonds is 12. The number of amides is 2. The van der Waals surface area contributed by atoms with Crippen molar-refractivity contribution in [1.29, 1.82) is 0 Å². The molecule has 2 aliphatic rings. The molecule has 2 aliphatic heterocycles. The van der Waals surface area contributed by atoms with Gasteiger partial charge in [-0.1, -0.05) is 47.9 Å². The monoisotopic (exact) mass is 1240 g/mol. The molecule has 2 saturated heterocycles. The van der Waals surface area contributed by atoms with Crippen molar-refractivity contribution >= 4 is 67.3 Å². The van der Waals surface area contributed by atoms with E-state index < -0.39 is 0 Å². The molecular weight excluding hydrogens is 1170 g/mol. The second kappa shape index (κ2) is 25.0. The van der Waals surface area contributed by atoms with Crippen LogP contribution in [0.1, 0.15) is 54.1 Å². The van der Waals surface area contributed by atoms with E-state index in [1.807, 2.05) is 109 Å². The van der Waals surface area contributed by atoms with Gasteiger partial charge >= 0.3 is 0 Å². The van der Waals surface area contributed by atoms with Crippen molar-refractivity contribution in [2.45, 2.75) is 13.1 Å². The molecule has 15 rings (SSSR count). The number of anilines is 2.